The molecule has 2 aromatic carbocycles. The molecular formula is C29H25N5O4S. The first-order valence-corrected chi connectivity index (χ1v) is 13.2. The third-order valence-corrected chi connectivity index (χ3v) is 7.13. The number of pyridine rings is 2. The van der Waals surface area contributed by atoms with E-state index >= 15 is 0 Å². The summed E-state index contributed by atoms with van der Waals surface area (Å²) in [6, 6.07) is 16.5. The Hall–Kier alpha value is -4.83. The number of anilines is 1. The molecule has 0 fully saturated rings. The number of nitrogens with zero attached hydrogens (tertiary/aromatic N) is 3. The average Bonchev–Trinajstić information content (AvgIpc) is 3.44. The van der Waals surface area contributed by atoms with E-state index in [1.165, 1.54) is 17.5 Å². The number of rotatable bonds is 7. The third-order valence-electron chi connectivity index (χ3n) is 6.25. The molecule has 3 heterocycles. The minimum Gasteiger partial charge on any atom is -0.477 e. The number of fused-ring (bicyclic) bond motifs is 1. The van der Waals surface area contributed by atoms with E-state index in [9.17, 15) is 19.5 Å². The number of hydrogen-bond acceptors (Lipinski definition) is 6. The topological polar surface area (TPSA) is 126 Å². The number of amides is 2. The SMILES string of the molecule is CCNC(=O)Nc1cc(-c2nc(-c3ccccc3)cs2)c(-c2ccc3c(=O)c(C(=O)O)cn(CC)c3c2)cn1. The lowest BCUT2D eigenvalue weighted by atomic mass is 9.99. The van der Waals surface area contributed by atoms with Gasteiger partial charge in [-0.2, -0.15) is 0 Å². The van der Waals surface area contributed by atoms with Crippen molar-refractivity contribution >= 4 is 40.1 Å². The van der Waals surface area contributed by atoms with E-state index in [0.29, 0.717) is 29.8 Å². The highest BCUT2D eigenvalue weighted by molar-refractivity contribution is 7.13. The van der Waals surface area contributed by atoms with Crippen LogP contribution in [0.4, 0.5) is 10.6 Å². The van der Waals surface area contributed by atoms with Crippen LogP contribution in [-0.2, 0) is 6.54 Å². The number of carboxylic acid groups (broad SMARTS) is 1. The van der Waals surface area contributed by atoms with E-state index < -0.39 is 11.4 Å². The highest BCUT2D eigenvalue weighted by Gasteiger charge is 2.18. The summed E-state index contributed by atoms with van der Waals surface area (Å²) >= 11 is 1.48. The zero-order chi connectivity index (χ0) is 27.5. The number of aryl methyl sites for hydroxylation is 1. The number of thiazole rings is 1. The molecule has 3 aromatic heterocycles. The fraction of sp³-hybridized carbons (Fsp3) is 0.138. The van der Waals surface area contributed by atoms with Gasteiger partial charge in [0.05, 0.1) is 11.2 Å². The molecule has 196 valence electrons. The van der Waals surface area contributed by atoms with Crippen LogP contribution >= 0.6 is 11.3 Å². The normalized spacial score (nSPS) is 10.9. The van der Waals surface area contributed by atoms with Crippen molar-refractivity contribution in [1.29, 1.82) is 0 Å². The fourth-order valence-electron chi connectivity index (χ4n) is 4.36. The van der Waals surface area contributed by atoms with Crippen LogP contribution in [-0.4, -0.2) is 38.2 Å². The summed E-state index contributed by atoms with van der Waals surface area (Å²) in [5.74, 6) is -0.888. The van der Waals surface area contributed by atoms with Crippen LogP contribution in [0.3, 0.4) is 0 Å². The summed E-state index contributed by atoms with van der Waals surface area (Å²) in [6.07, 6.45) is 3.05. The lowest BCUT2D eigenvalue weighted by molar-refractivity contribution is 0.0695. The molecule has 3 N–H and O–H groups in total. The third kappa shape index (κ3) is 5.14. The Kier molecular flexibility index (Phi) is 7.20. The number of urea groups is 1. The molecule has 5 rings (SSSR count). The quantitative estimate of drug-likeness (QED) is 0.243. The second kappa shape index (κ2) is 10.9. The van der Waals surface area contributed by atoms with Crippen molar-refractivity contribution in [1.82, 2.24) is 19.9 Å². The van der Waals surface area contributed by atoms with Gasteiger partial charge in [-0.15, -0.1) is 11.3 Å². The maximum absolute atomic E-state index is 12.9. The van der Waals surface area contributed by atoms with E-state index in [-0.39, 0.29) is 11.6 Å². The van der Waals surface area contributed by atoms with Gasteiger partial charge in [0.2, 0.25) is 5.43 Å². The maximum atomic E-state index is 12.9. The molecule has 39 heavy (non-hydrogen) atoms. The summed E-state index contributed by atoms with van der Waals surface area (Å²) < 4.78 is 1.75. The Bertz CT molecular complexity index is 1760. The molecule has 0 bridgehead atoms. The van der Waals surface area contributed by atoms with Crippen molar-refractivity contribution in [2.24, 2.45) is 0 Å². The van der Waals surface area contributed by atoms with Gasteiger partial charge in [-0.05, 0) is 37.6 Å². The van der Waals surface area contributed by atoms with Crippen LogP contribution < -0.4 is 16.1 Å². The smallest absolute Gasteiger partial charge is 0.341 e. The van der Waals surface area contributed by atoms with E-state index in [1.54, 1.807) is 29.0 Å². The van der Waals surface area contributed by atoms with Gasteiger partial charge in [-0.1, -0.05) is 36.4 Å². The van der Waals surface area contributed by atoms with Crippen LogP contribution in [0.15, 0.2) is 77.2 Å². The predicted molar refractivity (Wildman–Crippen MR) is 153 cm³/mol. The van der Waals surface area contributed by atoms with E-state index in [1.807, 2.05) is 55.6 Å². The molecular weight excluding hydrogens is 514 g/mol. The van der Waals surface area contributed by atoms with E-state index in [0.717, 1.165) is 33.0 Å². The molecule has 0 atom stereocenters. The number of carbonyl (C=O) groups excluding carboxylic acids is 1. The molecule has 0 aliphatic carbocycles. The Balaban J connectivity index is 1.67. The first-order chi connectivity index (χ1) is 18.9. The monoisotopic (exact) mass is 539 g/mol. The zero-order valence-electron chi connectivity index (χ0n) is 21.3. The largest absolute Gasteiger partial charge is 0.477 e. The summed E-state index contributed by atoms with van der Waals surface area (Å²) in [7, 11) is 0. The van der Waals surface area contributed by atoms with Crippen molar-refractivity contribution in [3.05, 3.63) is 88.2 Å². The predicted octanol–water partition coefficient (Wildman–Crippen LogP) is 5.71. The molecule has 0 spiro atoms. The minimum absolute atomic E-state index is 0.267. The fourth-order valence-corrected chi connectivity index (χ4v) is 5.22. The molecule has 9 nitrogen and oxygen atoms in total. The van der Waals surface area contributed by atoms with Crippen molar-refractivity contribution in [3.63, 3.8) is 0 Å². The molecule has 0 saturated carbocycles. The van der Waals surface area contributed by atoms with Gasteiger partial charge >= 0.3 is 12.0 Å². The Morgan fingerprint density at radius 2 is 1.82 bits per heavy atom. The number of carbonyl (C=O) groups is 2. The van der Waals surface area contributed by atoms with E-state index in [4.69, 9.17) is 4.98 Å². The number of hydrogen-bond donors (Lipinski definition) is 3. The molecule has 0 radical (unpaired) electrons. The Morgan fingerprint density at radius 3 is 2.54 bits per heavy atom. The lowest BCUT2D eigenvalue weighted by Crippen LogP contribution is -2.28. The molecule has 2 amide bonds. The van der Waals surface area contributed by atoms with Gasteiger partial charge in [0.15, 0.2) is 0 Å². The van der Waals surface area contributed by atoms with Gasteiger partial charge in [0.25, 0.3) is 0 Å². The number of aromatic carboxylic acids is 1. The highest BCUT2D eigenvalue weighted by atomic mass is 32.1. The highest BCUT2D eigenvalue weighted by Crippen LogP contribution is 2.37. The van der Waals surface area contributed by atoms with Gasteiger partial charge in [-0.3, -0.25) is 10.1 Å². The summed E-state index contributed by atoms with van der Waals surface area (Å²) in [4.78, 5) is 46.0. The standard InChI is InChI=1S/C29H25N5O4S/c1-3-30-29(38)33-25-13-20(27-32-23(16-39-27)17-8-6-5-7-9-17)21(14-31-25)18-10-11-19-24(12-18)34(4-2)15-22(26(19)35)28(36)37/h5-16H,3-4H2,1-2H3,(H,36,37)(H2,30,31,33,38). The Morgan fingerprint density at radius 1 is 1.03 bits per heavy atom. The van der Waals surface area contributed by atoms with Crippen molar-refractivity contribution in [2.45, 2.75) is 20.4 Å². The minimum atomic E-state index is -1.26. The maximum Gasteiger partial charge on any atom is 0.341 e. The number of aromatic nitrogens is 3. The zero-order valence-corrected chi connectivity index (χ0v) is 22.1. The number of benzene rings is 2. The molecule has 5 aromatic rings. The summed E-state index contributed by atoms with van der Waals surface area (Å²) in [5, 5.41) is 18.0. The van der Waals surface area contributed by atoms with Crippen molar-refractivity contribution in [2.75, 3.05) is 11.9 Å². The second-order valence-electron chi connectivity index (χ2n) is 8.70. The van der Waals surface area contributed by atoms with Gasteiger partial charge in [-0.25, -0.2) is 19.6 Å². The number of carboxylic acids is 1. The first kappa shape index (κ1) is 25.8. The average molecular weight is 540 g/mol. The lowest BCUT2D eigenvalue weighted by Gasteiger charge is -2.14. The summed E-state index contributed by atoms with van der Waals surface area (Å²) in [5.41, 5.74) is 3.93. The van der Waals surface area contributed by atoms with E-state index in [2.05, 4.69) is 15.6 Å². The Labute approximate surface area is 227 Å². The van der Waals surface area contributed by atoms with Crippen LogP contribution in [0, 0.1) is 0 Å². The van der Waals surface area contributed by atoms with Gasteiger partial charge in [0.1, 0.15) is 16.4 Å². The molecule has 0 saturated heterocycles. The summed E-state index contributed by atoms with van der Waals surface area (Å²) in [6.45, 7) is 4.67. The van der Waals surface area contributed by atoms with Crippen molar-refractivity contribution < 1.29 is 14.7 Å². The second-order valence-corrected chi connectivity index (χ2v) is 9.56. The molecule has 10 heteroatoms. The first-order valence-electron chi connectivity index (χ1n) is 12.4. The molecule has 0 aliphatic rings. The molecule has 0 unspecified atom stereocenters. The molecule has 0 aliphatic heterocycles. The van der Waals surface area contributed by atoms with Gasteiger partial charge < -0.3 is 15.0 Å². The van der Waals surface area contributed by atoms with Crippen LogP contribution in [0.1, 0.15) is 24.2 Å². The van der Waals surface area contributed by atoms with Crippen LogP contribution in [0.25, 0.3) is 43.9 Å². The van der Waals surface area contributed by atoms with Crippen LogP contribution in [0.2, 0.25) is 0 Å². The van der Waals surface area contributed by atoms with Gasteiger partial charge in [0, 0.05) is 52.9 Å². The number of nitrogens with one attached hydrogen (secondary N) is 2. The van der Waals surface area contributed by atoms with Crippen LogP contribution in [0.5, 0.6) is 0 Å². The van der Waals surface area contributed by atoms with Crippen molar-refractivity contribution in [3.8, 4) is 33.0 Å².